The van der Waals surface area contributed by atoms with E-state index in [4.69, 9.17) is 4.74 Å². The molecule has 1 heterocycles. The highest BCUT2D eigenvalue weighted by Gasteiger charge is 2.20. The summed E-state index contributed by atoms with van der Waals surface area (Å²) in [4.78, 5) is 2.45. The van der Waals surface area contributed by atoms with Gasteiger partial charge in [0.15, 0.2) is 0 Å². The van der Waals surface area contributed by atoms with Gasteiger partial charge >= 0.3 is 0 Å². The monoisotopic (exact) mass is 218 g/mol. The van der Waals surface area contributed by atoms with Crippen molar-refractivity contribution in [3.8, 4) is 5.75 Å². The minimum atomic E-state index is 0.219. The lowest BCUT2D eigenvalue weighted by Crippen LogP contribution is -2.32. The molecule has 2 rings (SSSR count). The molecule has 0 bridgehead atoms. The van der Waals surface area contributed by atoms with Crippen LogP contribution in [0.25, 0.3) is 0 Å². The number of methoxy groups -OCH3 is 1. The topological polar surface area (TPSA) is 12.5 Å². The van der Waals surface area contributed by atoms with E-state index in [0.717, 1.165) is 18.8 Å². The standard InChI is InChI=1S/C14H20NO/c1-12(15-10-6-3-7-11-15)13-8-4-5-9-14(13)16-2/h4-5,8-9,12H,1,3,6-7,10-11H2,2H3. The average molecular weight is 218 g/mol. The zero-order chi connectivity index (χ0) is 11.4. The second-order valence-corrected chi connectivity index (χ2v) is 4.35. The van der Waals surface area contributed by atoms with Crippen LogP contribution in [0, 0.1) is 6.92 Å². The van der Waals surface area contributed by atoms with Crippen LogP contribution in [0.15, 0.2) is 24.3 Å². The molecule has 0 N–H and O–H groups in total. The normalized spacial score (nSPS) is 19.4. The zero-order valence-electron chi connectivity index (χ0n) is 9.98. The van der Waals surface area contributed by atoms with Gasteiger partial charge in [0.25, 0.3) is 0 Å². The van der Waals surface area contributed by atoms with Crippen LogP contribution < -0.4 is 4.74 Å². The van der Waals surface area contributed by atoms with Crippen LogP contribution in [-0.2, 0) is 0 Å². The van der Waals surface area contributed by atoms with E-state index in [1.165, 1.54) is 24.8 Å². The van der Waals surface area contributed by atoms with E-state index in [0.29, 0.717) is 0 Å². The van der Waals surface area contributed by atoms with Gasteiger partial charge in [0.1, 0.15) is 5.75 Å². The van der Waals surface area contributed by atoms with E-state index in [1.807, 2.05) is 12.1 Å². The molecule has 1 atom stereocenters. The van der Waals surface area contributed by atoms with Crippen molar-refractivity contribution in [3.05, 3.63) is 36.8 Å². The molecule has 1 radical (unpaired) electrons. The van der Waals surface area contributed by atoms with E-state index >= 15 is 0 Å². The highest BCUT2D eigenvalue weighted by Crippen LogP contribution is 2.30. The highest BCUT2D eigenvalue weighted by molar-refractivity contribution is 5.36. The SMILES string of the molecule is [CH2]C(c1ccccc1OC)N1CCCCC1. The van der Waals surface area contributed by atoms with Crippen molar-refractivity contribution < 1.29 is 4.74 Å². The van der Waals surface area contributed by atoms with Gasteiger partial charge in [-0.15, -0.1) is 0 Å². The fraction of sp³-hybridized carbons (Fsp3) is 0.500. The van der Waals surface area contributed by atoms with E-state index in [1.54, 1.807) is 7.11 Å². The van der Waals surface area contributed by atoms with Gasteiger partial charge in [0.2, 0.25) is 0 Å². The Morgan fingerprint density at radius 3 is 2.56 bits per heavy atom. The van der Waals surface area contributed by atoms with Crippen LogP contribution >= 0.6 is 0 Å². The summed E-state index contributed by atoms with van der Waals surface area (Å²) < 4.78 is 5.39. The number of nitrogens with zero attached hydrogens (tertiary/aromatic N) is 1. The largest absolute Gasteiger partial charge is 0.496 e. The zero-order valence-corrected chi connectivity index (χ0v) is 9.98. The maximum atomic E-state index is 5.39. The molecule has 2 nitrogen and oxygen atoms in total. The van der Waals surface area contributed by atoms with Crippen molar-refractivity contribution in [2.75, 3.05) is 20.2 Å². The molecule has 1 aliphatic rings. The summed E-state index contributed by atoms with van der Waals surface area (Å²) in [6.07, 6.45) is 3.94. The summed E-state index contributed by atoms with van der Waals surface area (Å²) in [6, 6.07) is 8.41. The molecule has 0 aromatic heterocycles. The fourth-order valence-corrected chi connectivity index (χ4v) is 2.37. The Hall–Kier alpha value is -1.02. The lowest BCUT2D eigenvalue weighted by atomic mass is 10.0. The smallest absolute Gasteiger partial charge is 0.123 e. The molecule has 2 heteroatoms. The number of para-hydroxylation sites is 1. The van der Waals surface area contributed by atoms with Gasteiger partial charge in [-0.2, -0.15) is 0 Å². The van der Waals surface area contributed by atoms with Crippen LogP contribution in [0.3, 0.4) is 0 Å². The minimum absolute atomic E-state index is 0.219. The van der Waals surface area contributed by atoms with Crippen molar-refractivity contribution >= 4 is 0 Å². The number of hydrogen-bond donors (Lipinski definition) is 0. The van der Waals surface area contributed by atoms with Gasteiger partial charge in [0.05, 0.1) is 7.11 Å². The third-order valence-corrected chi connectivity index (χ3v) is 3.33. The predicted octanol–water partition coefficient (Wildman–Crippen LogP) is 3.06. The lowest BCUT2D eigenvalue weighted by Gasteiger charge is -2.33. The molecule has 0 amide bonds. The third kappa shape index (κ3) is 2.38. The maximum absolute atomic E-state index is 5.39. The van der Waals surface area contributed by atoms with Crippen molar-refractivity contribution in [1.29, 1.82) is 0 Å². The Morgan fingerprint density at radius 1 is 1.19 bits per heavy atom. The highest BCUT2D eigenvalue weighted by atomic mass is 16.5. The van der Waals surface area contributed by atoms with Crippen molar-refractivity contribution in [1.82, 2.24) is 4.90 Å². The minimum Gasteiger partial charge on any atom is -0.496 e. The fourth-order valence-electron chi connectivity index (χ4n) is 2.37. The maximum Gasteiger partial charge on any atom is 0.123 e. The molecule has 16 heavy (non-hydrogen) atoms. The summed E-state index contributed by atoms with van der Waals surface area (Å²) in [6.45, 7) is 6.60. The van der Waals surface area contributed by atoms with E-state index in [-0.39, 0.29) is 6.04 Å². The Kier molecular flexibility index (Phi) is 3.83. The molecule has 0 saturated carbocycles. The summed E-state index contributed by atoms with van der Waals surface area (Å²) >= 11 is 0. The Bertz CT molecular complexity index is 331. The number of piperidine rings is 1. The third-order valence-electron chi connectivity index (χ3n) is 3.33. The first-order valence-electron chi connectivity index (χ1n) is 6.03. The summed E-state index contributed by atoms with van der Waals surface area (Å²) in [5.41, 5.74) is 1.20. The van der Waals surface area contributed by atoms with Gasteiger partial charge in [-0.1, -0.05) is 24.6 Å². The van der Waals surface area contributed by atoms with Crippen LogP contribution in [-0.4, -0.2) is 25.1 Å². The first kappa shape index (κ1) is 11.5. The summed E-state index contributed by atoms with van der Waals surface area (Å²) in [5.74, 6) is 0.952. The van der Waals surface area contributed by atoms with Gasteiger partial charge in [-0.25, -0.2) is 0 Å². The summed E-state index contributed by atoms with van der Waals surface area (Å²) in [7, 11) is 1.72. The molecule has 0 aliphatic carbocycles. The molecule has 1 unspecified atom stereocenters. The van der Waals surface area contributed by atoms with Gasteiger partial charge in [0, 0.05) is 11.6 Å². The Labute approximate surface area is 98.2 Å². The van der Waals surface area contributed by atoms with E-state index in [2.05, 4.69) is 24.0 Å². The Balaban J connectivity index is 2.15. The molecule has 1 aromatic rings. The molecular formula is C14H20NO. The van der Waals surface area contributed by atoms with Crippen LogP contribution in [0.5, 0.6) is 5.75 Å². The van der Waals surface area contributed by atoms with Crippen LogP contribution in [0.4, 0.5) is 0 Å². The molecule has 1 aliphatic heterocycles. The molecule has 87 valence electrons. The first-order chi connectivity index (χ1) is 7.83. The Morgan fingerprint density at radius 2 is 1.88 bits per heavy atom. The lowest BCUT2D eigenvalue weighted by molar-refractivity contribution is 0.188. The van der Waals surface area contributed by atoms with E-state index in [9.17, 15) is 0 Å². The van der Waals surface area contributed by atoms with E-state index < -0.39 is 0 Å². The molecule has 1 fully saturated rings. The van der Waals surface area contributed by atoms with Crippen LogP contribution in [0.1, 0.15) is 30.9 Å². The number of benzene rings is 1. The number of rotatable bonds is 3. The van der Waals surface area contributed by atoms with Gasteiger partial charge < -0.3 is 4.74 Å². The summed E-state index contributed by atoms with van der Waals surface area (Å²) in [5, 5.41) is 0. The van der Waals surface area contributed by atoms with Crippen LogP contribution in [0.2, 0.25) is 0 Å². The van der Waals surface area contributed by atoms with Gasteiger partial charge in [-0.3, -0.25) is 4.90 Å². The van der Waals surface area contributed by atoms with Crippen molar-refractivity contribution in [3.63, 3.8) is 0 Å². The number of likely N-dealkylation sites (tertiary alicyclic amines) is 1. The quantitative estimate of drug-likeness (QED) is 0.773. The molecule has 0 spiro atoms. The predicted molar refractivity (Wildman–Crippen MR) is 66.5 cm³/mol. The molecular weight excluding hydrogens is 198 g/mol. The van der Waals surface area contributed by atoms with Crippen molar-refractivity contribution in [2.45, 2.75) is 25.3 Å². The average Bonchev–Trinajstić information content (AvgIpc) is 2.39. The molecule has 1 aromatic carbocycles. The second-order valence-electron chi connectivity index (χ2n) is 4.35. The first-order valence-corrected chi connectivity index (χ1v) is 6.03. The second kappa shape index (κ2) is 5.35. The number of ether oxygens (including phenoxy) is 1. The molecule has 1 saturated heterocycles. The van der Waals surface area contributed by atoms with Gasteiger partial charge in [-0.05, 0) is 38.9 Å². The van der Waals surface area contributed by atoms with Crippen molar-refractivity contribution in [2.24, 2.45) is 0 Å². The number of hydrogen-bond acceptors (Lipinski definition) is 2.